The molecule has 1 N–H and O–H groups in total. The van der Waals surface area contributed by atoms with E-state index in [2.05, 4.69) is 5.32 Å². The quantitative estimate of drug-likeness (QED) is 0.424. The lowest BCUT2D eigenvalue weighted by atomic mass is 10.2. The van der Waals surface area contributed by atoms with Crippen molar-refractivity contribution in [3.8, 4) is 0 Å². The second kappa shape index (κ2) is 8.89. The van der Waals surface area contributed by atoms with Crippen LogP contribution in [0.4, 0.5) is 10.5 Å². The van der Waals surface area contributed by atoms with Gasteiger partial charge in [0.2, 0.25) is 0 Å². The minimum absolute atomic E-state index is 0.00587. The van der Waals surface area contributed by atoms with Gasteiger partial charge in [-0.15, -0.1) is 0 Å². The van der Waals surface area contributed by atoms with E-state index >= 15 is 0 Å². The summed E-state index contributed by atoms with van der Waals surface area (Å²) < 4.78 is 0. The summed E-state index contributed by atoms with van der Waals surface area (Å²) >= 11 is 6.56. The summed E-state index contributed by atoms with van der Waals surface area (Å²) in [5, 5.41) is 13.0. The van der Waals surface area contributed by atoms with E-state index in [-0.39, 0.29) is 29.4 Å². The van der Waals surface area contributed by atoms with Crippen molar-refractivity contribution in [1.29, 1.82) is 0 Å². The number of nitrogens with one attached hydrogen (secondary N) is 1. The van der Waals surface area contributed by atoms with E-state index in [4.69, 9.17) is 11.6 Å². The number of thioether (sulfide) groups is 1. The molecule has 1 aliphatic heterocycles. The summed E-state index contributed by atoms with van der Waals surface area (Å²) in [4.78, 5) is 48.3. The standard InChI is InChI=1S/C19H14ClN3O5S/c20-14-7-6-13(11-15(14)23(27)28)17(24)21-8-9-22-18(25)16(29-19(22)26)10-12-4-2-1-3-5-12/h1-7,10-11H,8-9H2,(H,21,24)/b16-10-. The molecule has 148 valence electrons. The third-order valence-corrected chi connectivity index (χ3v) is 5.22. The molecule has 0 bridgehead atoms. The second-order valence-electron chi connectivity index (χ2n) is 5.92. The van der Waals surface area contributed by atoms with Crippen molar-refractivity contribution in [2.75, 3.05) is 13.1 Å². The number of imide groups is 1. The van der Waals surface area contributed by atoms with E-state index in [1.807, 2.05) is 30.3 Å². The highest BCUT2D eigenvalue weighted by Crippen LogP contribution is 2.31. The zero-order valence-electron chi connectivity index (χ0n) is 14.8. The summed E-state index contributed by atoms with van der Waals surface area (Å²) in [5.74, 6) is -1.00. The Bertz CT molecular complexity index is 1030. The van der Waals surface area contributed by atoms with Crippen LogP contribution in [0.15, 0.2) is 53.4 Å². The molecule has 29 heavy (non-hydrogen) atoms. The Morgan fingerprint density at radius 2 is 1.93 bits per heavy atom. The molecule has 0 unspecified atom stereocenters. The third kappa shape index (κ3) is 4.82. The second-order valence-corrected chi connectivity index (χ2v) is 7.32. The molecule has 0 radical (unpaired) electrons. The highest BCUT2D eigenvalue weighted by atomic mass is 35.5. The van der Waals surface area contributed by atoms with Crippen molar-refractivity contribution in [3.05, 3.63) is 79.7 Å². The molecule has 0 aliphatic carbocycles. The van der Waals surface area contributed by atoms with Crippen molar-refractivity contribution in [2.24, 2.45) is 0 Å². The minimum atomic E-state index is -0.682. The SMILES string of the molecule is O=C(NCCN1C(=O)S/C(=C\c2ccccc2)C1=O)c1ccc(Cl)c([N+](=O)[O-])c1. The lowest BCUT2D eigenvalue weighted by Gasteiger charge is -2.13. The van der Waals surface area contributed by atoms with Crippen LogP contribution in [0, 0.1) is 10.1 Å². The van der Waals surface area contributed by atoms with Gasteiger partial charge in [0, 0.05) is 24.7 Å². The van der Waals surface area contributed by atoms with Crippen molar-refractivity contribution in [2.45, 2.75) is 0 Å². The number of carbonyl (C=O) groups is 3. The minimum Gasteiger partial charge on any atom is -0.350 e. The Hall–Kier alpha value is -3.17. The fourth-order valence-corrected chi connectivity index (χ4v) is 3.62. The largest absolute Gasteiger partial charge is 0.350 e. The molecule has 0 atom stereocenters. The molecule has 1 aliphatic rings. The molecule has 1 saturated heterocycles. The Labute approximate surface area is 174 Å². The molecule has 2 aromatic rings. The Morgan fingerprint density at radius 1 is 1.21 bits per heavy atom. The van der Waals surface area contributed by atoms with Gasteiger partial charge in [0.05, 0.1) is 9.83 Å². The number of nitro benzene ring substituents is 1. The maximum atomic E-state index is 12.4. The summed E-state index contributed by atoms with van der Waals surface area (Å²) in [6.45, 7) is -0.00979. The van der Waals surface area contributed by atoms with Crippen LogP contribution in [0.3, 0.4) is 0 Å². The molecule has 8 nitrogen and oxygen atoms in total. The average Bonchev–Trinajstić information content (AvgIpc) is 2.96. The maximum absolute atomic E-state index is 12.4. The summed E-state index contributed by atoms with van der Waals surface area (Å²) in [6.07, 6.45) is 1.64. The smallest absolute Gasteiger partial charge is 0.293 e. The van der Waals surface area contributed by atoms with Crippen LogP contribution in [-0.2, 0) is 4.79 Å². The van der Waals surface area contributed by atoms with Crippen LogP contribution in [0.5, 0.6) is 0 Å². The maximum Gasteiger partial charge on any atom is 0.293 e. The first-order valence-electron chi connectivity index (χ1n) is 8.39. The summed E-state index contributed by atoms with van der Waals surface area (Å²) in [6, 6.07) is 12.8. The molecular weight excluding hydrogens is 418 g/mol. The van der Waals surface area contributed by atoms with Crippen LogP contribution in [0.1, 0.15) is 15.9 Å². The number of nitro groups is 1. The van der Waals surface area contributed by atoms with Crippen molar-refractivity contribution >= 4 is 52.2 Å². The third-order valence-electron chi connectivity index (χ3n) is 4.00. The summed E-state index contributed by atoms with van der Waals surface area (Å²) in [7, 11) is 0. The van der Waals surface area contributed by atoms with E-state index in [0.717, 1.165) is 28.3 Å². The Balaban J connectivity index is 1.60. The van der Waals surface area contributed by atoms with Gasteiger partial charge in [-0.05, 0) is 35.5 Å². The molecule has 0 saturated carbocycles. The molecule has 3 amide bonds. The lowest BCUT2D eigenvalue weighted by Crippen LogP contribution is -2.37. The number of carbonyl (C=O) groups excluding carboxylic acids is 3. The Kier molecular flexibility index (Phi) is 6.30. The number of nitrogens with zero attached hydrogens (tertiary/aromatic N) is 2. The van der Waals surface area contributed by atoms with E-state index < -0.39 is 22.0 Å². The van der Waals surface area contributed by atoms with E-state index in [0.29, 0.717) is 4.91 Å². The van der Waals surface area contributed by atoms with E-state index in [1.54, 1.807) is 6.08 Å². The topological polar surface area (TPSA) is 110 Å². The van der Waals surface area contributed by atoms with Crippen LogP contribution < -0.4 is 5.32 Å². The fourth-order valence-electron chi connectivity index (χ4n) is 2.57. The van der Waals surface area contributed by atoms with Gasteiger partial charge in [-0.3, -0.25) is 29.4 Å². The van der Waals surface area contributed by atoms with Crippen LogP contribution >= 0.6 is 23.4 Å². The molecule has 1 heterocycles. The van der Waals surface area contributed by atoms with Crippen LogP contribution in [0.25, 0.3) is 6.08 Å². The number of amides is 3. The van der Waals surface area contributed by atoms with Gasteiger partial charge in [-0.1, -0.05) is 41.9 Å². The molecule has 3 rings (SSSR count). The van der Waals surface area contributed by atoms with Crippen molar-refractivity contribution in [1.82, 2.24) is 10.2 Å². The van der Waals surface area contributed by atoms with E-state index in [1.165, 1.54) is 12.1 Å². The number of halogens is 1. The number of benzene rings is 2. The number of hydrogen-bond donors (Lipinski definition) is 1. The van der Waals surface area contributed by atoms with Gasteiger partial charge in [-0.25, -0.2) is 0 Å². The number of rotatable bonds is 6. The molecule has 1 fully saturated rings. The molecule has 2 aromatic carbocycles. The van der Waals surface area contributed by atoms with Crippen molar-refractivity contribution in [3.63, 3.8) is 0 Å². The van der Waals surface area contributed by atoms with Gasteiger partial charge < -0.3 is 5.32 Å². The first-order valence-corrected chi connectivity index (χ1v) is 9.59. The first kappa shape index (κ1) is 20.6. The summed E-state index contributed by atoms with van der Waals surface area (Å²) in [5.41, 5.74) is 0.478. The van der Waals surface area contributed by atoms with Crippen molar-refractivity contribution < 1.29 is 19.3 Å². The van der Waals surface area contributed by atoms with Crippen LogP contribution in [0.2, 0.25) is 5.02 Å². The Morgan fingerprint density at radius 3 is 2.62 bits per heavy atom. The predicted octanol–water partition coefficient (Wildman–Crippen LogP) is 3.71. The highest BCUT2D eigenvalue weighted by molar-refractivity contribution is 8.18. The zero-order chi connectivity index (χ0) is 21.0. The van der Waals surface area contributed by atoms with Gasteiger partial charge in [0.25, 0.3) is 22.7 Å². The predicted molar refractivity (Wildman–Crippen MR) is 110 cm³/mol. The monoisotopic (exact) mass is 431 g/mol. The van der Waals surface area contributed by atoms with E-state index in [9.17, 15) is 24.5 Å². The van der Waals surface area contributed by atoms with Gasteiger partial charge in [0.1, 0.15) is 5.02 Å². The highest BCUT2D eigenvalue weighted by Gasteiger charge is 2.34. The van der Waals surface area contributed by atoms with Gasteiger partial charge in [-0.2, -0.15) is 0 Å². The lowest BCUT2D eigenvalue weighted by molar-refractivity contribution is -0.384. The first-order chi connectivity index (χ1) is 13.9. The molecule has 0 spiro atoms. The van der Waals surface area contributed by atoms with Gasteiger partial charge >= 0.3 is 0 Å². The zero-order valence-corrected chi connectivity index (χ0v) is 16.4. The molecule has 0 aromatic heterocycles. The number of hydrogen-bond acceptors (Lipinski definition) is 6. The van der Waals surface area contributed by atoms with Crippen LogP contribution in [-0.4, -0.2) is 40.0 Å². The molecule has 10 heteroatoms. The average molecular weight is 432 g/mol. The fraction of sp³-hybridized carbons (Fsp3) is 0.105. The van der Waals surface area contributed by atoms with Gasteiger partial charge in [0.15, 0.2) is 0 Å². The molecular formula is C19H14ClN3O5S. The normalized spacial score (nSPS) is 15.1.